The number of nitrogens with two attached hydrogens (primary N) is 1. The Morgan fingerprint density at radius 2 is 2.07 bits per heavy atom. The zero-order valence-corrected chi connectivity index (χ0v) is 9.39. The predicted molar refractivity (Wildman–Crippen MR) is 62.3 cm³/mol. The van der Waals surface area contributed by atoms with E-state index in [9.17, 15) is 0 Å². The lowest BCUT2D eigenvalue weighted by Gasteiger charge is -2.04. The summed E-state index contributed by atoms with van der Waals surface area (Å²) >= 11 is 0. The fourth-order valence-corrected chi connectivity index (χ4v) is 1.21. The van der Waals surface area contributed by atoms with Gasteiger partial charge in [0, 0.05) is 24.6 Å². The molecule has 0 aliphatic rings. The van der Waals surface area contributed by atoms with E-state index in [1.54, 1.807) is 6.20 Å². The Balaban J connectivity index is 0.000000845. The Morgan fingerprint density at radius 1 is 1.36 bits per heavy atom. The van der Waals surface area contributed by atoms with Crippen LogP contribution in [0.1, 0.15) is 18.5 Å². The molecule has 0 aliphatic carbocycles. The van der Waals surface area contributed by atoms with E-state index < -0.39 is 0 Å². The second-order valence-corrected chi connectivity index (χ2v) is 2.94. The van der Waals surface area contributed by atoms with Gasteiger partial charge in [0.1, 0.15) is 5.65 Å². The van der Waals surface area contributed by atoms with E-state index in [2.05, 4.69) is 4.98 Å². The van der Waals surface area contributed by atoms with Crippen LogP contribution in [0.15, 0.2) is 30.7 Å². The number of pyridine rings is 1. The van der Waals surface area contributed by atoms with Gasteiger partial charge in [-0.3, -0.25) is 0 Å². The Bertz CT molecular complexity index is 398. The van der Waals surface area contributed by atoms with Crippen LogP contribution < -0.4 is 5.73 Å². The molecule has 0 radical (unpaired) electrons. The molecule has 2 aromatic rings. The van der Waals surface area contributed by atoms with Crippen LogP contribution in [0.2, 0.25) is 0 Å². The molecule has 2 aromatic heterocycles. The highest BCUT2D eigenvalue weighted by Gasteiger charge is 1.99. The number of nitrogens with zero attached hydrogens (tertiary/aromatic N) is 2. The highest BCUT2D eigenvalue weighted by atomic mass is 35.5. The minimum absolute atomic E-state index is 0. The Hall–Kier alpha value is -0.770. The van der Waals surface area contributed by atoms with Crippen LogP contribution in [0, 0.1) is 0 Å². The van der Waals surface area contributed by atoms with Crippen molar-refractivity contribution in [1.82, 2.24) is 9.38 Å². The first-order valence-electron chi connectivity index (χ1n) is 3.95. The molecular formula is C9H13Cl2N3. The van der Waals surface area contributed by atoms with Gasteiger partial charge in [0.05, 0.1) is 0 Å². The average molecular weight is 234 g/mol. The van der Waals surface area contributed by atoms with Gasteiger partial charge in [-0.15, -0.1) is 24.8 Å². The molecule has 0 fully saturated rings. The Morgan fingerprint density at radius 3 is 2.71 bits per heavy atom. The zero-order valence-electron chi connectivity index (χ0n) is 7.75. The first-order valence-corrected chi connectivity index (χ1v) is 3.95. The molecule has 0 bridgehead atoms. The SMILES string of the molecule is CC(N)c1ccc2nccn2c1.Cl.Cl. The van der Waals surface area contributed by atoms with E-state index in [4.69, 9.17) is 5.73 Å². The van der Waals surface area contributed by atoms with Crippen molar-refractivity contribution in [1.29, 1.82) is 0 Å². The number of hydrogen-bond acceptors (Lipinski definition) is 2. The van der Waals surface area contributed by atoms with Gasteiger partial charge in [0.2, 0.25) is 0 Å². The van der Waals surface area contributed by atoms with Gasteiger partial charge in [-0.1, -0.05) is 6.07 Å². The van der Waals surface area contributed by atoms with E-state index in [1.165, 1.54) is 0 Å². The van der Waals surface area contributed by atoms with E-state index in [-0.39, 0.29) is 30.9 Å². The maximum absolute atomic E-state index is 5.74. The molecule has 1 atom stereocenters. The zero-order chi connectivity index (χ0) is 8.55. The number of aromatic nitrogens is 2. The summed E-state index contributed by atoms with van der Waals surface area (Å²) in [5.74, 6) is 0. The third kappa shape index (κ3) is 2.38. The van der Waals surface area contributed by atoms with Crippen molar-refractivity contribution in [3.63, 3.8) is 0 Å². The largest absolute Gasteiger partial charge is 0.324 e. The summed E-state index contributed by atoms with van der Waals surface area (Å²) in [6, 6.07) is 4.06. The summed E-state index contributed by atoms with van der Waals surface area (Å²) in [5.41, 5.74) is 7.82. The fraction of sp³-hybridized carbons (Fsp3) is 0.222. The van der Waals surface area contributed by atoms with Crippen LogP contribution in [0.4, 0.5) is 0 Å². The van der Waals surface area contributed by atoms with Crippen molar-refractivity contribution in [2.75, 3.05) is 0 Å². The third-order valence-electron chi connectivity index (χ3n) is 1.94. The van der Waals surface area contributed by atoms with Crippen molar-refractivity contribution in [2.45, 2.75) is 13.0 Å². The van der Waals surface area contributed by atoms with Crippen LogP contribution in [-0.4, -0.2) is 9.38 Å². The standard InChI is InChI=1S/C9H11N3.2ClH/c1-7(10)8-2-3-9-11-4-5-12(9)6-8;;/h2-7H,10H2,1H3;2*1H. The second-order valence-electron chi connectivity index (χ2n) is 2.94. The van der Waals surface area contributed by atoms with Crippen LogP contribution in [0.5, 0.6) is 0 Å². The number of fused-ring (bicyclic) bond motifs is 1. The third-order valence-corrected chi connectivity index (χ3v) is 1.94. The van der Waals surface area contributed by atoms with Gasteiger partial charge >= 0.3 is 0 Å². The van der Waals surface area contributed by atoms with Crippen molar-refractivity contribution in [3.05, 3.63) is 36.3 Å². The summed E-state index contributed by atoms with van der Waals surface area (Å²) in [7, 11) is 0. The molecule has 2 rings (SSSR count). The normalized spacial score (nSPS) is 11.6. The molecule has 0 saturated heterocycles. The number of imidazole rings is 1. The highest BCUT2D eigenvalue weighted by Crippen LogP contribution is 2.10. The molecule has 14 heavy (non-hydrogen) atoms. The minimum atomic E-state index is 0. The second kappa shape index (κ2) is 5.20. The first kappa shape index (κ1) is 13.2. The van der Waals surface area contributed by atoms with Crippen molar-refractivity contribution in [3.8, 4) is 0 Å². The van der Waals surface area contributed by atoms with E-state index in [0.717, 1.165) is 11.2 Å². The van der Waals surface area contributed by atoms with Gasteiger partial charge < -0.3 is 10.1 Å². The summed E-state index contributed by atoms with van der Waals surface area (Å²) in [5, 5.41) is 0. The molecule has 1 unspecified atom stereocenters. The van der Waals surface area contributed by atoms with E-state index >= 15 is 0 Å². The van der Waals surface area contributed by atoms with Crippen LogP contribution in [-0.2, 0) is 0 Å². The number of hydrogen-bond donors (Lipinski definition) is 1. The molecule has 0 aromatic carbocycles. The van der Waals surface area contributed by atoms with Gasteiger partial charge in [-0.05, 0) is 18.6 Å². The molecule has 3 nitrogen and oxygen atoms in total. The minimum Gasteiger partial charge on any atom is -0.324 e. The smallest absolute Gasteiger partial charge is 0.136 e. The fourth-order valence-electron chi connectivity index (χ4n) is 1.21. The summed E-state index contributed by atoms with van der Waals surface area (Å²) in [4.78, 5) is 4.14. The summed E-state index contributed by atoms with van der Waals surface area (Å²) in [6.07, 6.45) is 5.70. The van der Waals surface area contributed by atoms with Gasteiger partial charge in [0.15, 0.2) is 0 Å². The van der Waals surface area contributed by atoms with Crippen LogP contribution in [0.25, 0.3) is 5.65 Å². The summed E-state index contributed by atoms with van der Waals surface area (Å²) in [6.45, 7) is 1.97. The van der Waals surface area contributed by atoms with Crippen molar-refractivity contribution < 1.29 is 0 Å². The van der Waals surface area contributed by atoms with Gasteiger partial charge in [-0.2, -0.15) is 0 Å². The Labute approximate surface area is 95.1 Å². The maximum atomic E-state index is 5.74. The molecule has 5 heteroatoms. The Kier molecular flexibility index (Phi) is 4.91. The lowest BCUT2D eigenvalue weighted by molar-refractivity contribution is 0.808. The number of rotatable bonds is 1. The first-order chi connectivity index (χ1) is 5.77. The molecule has 0 amide bonds. The van der Waals surface area contributed by atoms with E-state index in [1.807, 2.05) is 35.9 Å². The highest BCUT2D eigenvalue weighted by molar-refractivity contribution is 5.85. The molecule has 0 saturated carbocycles. The van der Waals surface area contributed by atoms with Crippen LogP contribution in [0.3, 0.4) is 0 Å². The maximum Gasteiger partial charge on any atom is 0.136 e. The summed E-state index contributed by atoms with van der Waals surface area (Å²) < 4.78 is 1.97. The van der Waals surface area contributed by atoms with Gasteiger partial charge in [-0.25, -0.2) is 4.98 Å². The van der Waals surface area contributed by atoms with Crippen molar-refractivity contribution in [2.24, 2.45) is 5.73 Å². The molecule has 0 spiro atoms. The number of halogens is 2. The molecule has 2 N–H and O–H groups in total. The van der Waals surface area contributed by atoms with Crippen molar-refractivity contribution >= 4 is 30.5 Å². The topological polar surface area (TPSA) is 43.3 Å². The molecule has 78 valence electrons. The molecule has 2 heterocycles. The quantitative estimate of drug-likeness (QED) is 0.821. The average Bonchev–Trinajstić information content (AvgIpc) is 2.49. The van der Waals surface area contributed by atoms with Crippen LogP contribution >= 0.6 is 24.8 Å². The lowest BCUT2D eigenvalue weighted by Crippen LogP contribution is -2.05. The lowest BCUT2D eigenvalue weighted by atomic mass is 10.2. The molecule has 0 aliphatic heterocycles. The van der Waals surface area contributed by atoms with Gasteiger partial charge in [0.25, 0.3) is 0 Å². The monoisotopic (exact) mass is 233 g/mol. The molecular weight excluding hydrogens is 221 g/mol. The predicted octanol–water partition coefficient (Wildman–Crippen LogP) is 2.20. The van der Waals surface area contributed by atoms with E-state index in [0.29, 0.717) is 0 Å².